The number of hydrogen-bond donors (Lipinski definition) is 2. The average Bonchev–Trinajstić information content (AvgIpc) is 3.26. The molecule has 8 nitrogen and oxygen atoms in total. The number of hydrogen-bond acceptors (Lipinski definition) is 7. The second-order valence-electron chi connectivity index (χ2n) is 9.27. The highest BCUT2D eigenvalue weighted by Crippen LogP contribution is 2.40. The Balaban J connectivity index is 1.38. The molecule has 2 atom stereocenters. The van der Waals surface area contributed by atoms with Crippen molar-refractivity contribution in [2.24, 2.45) is 11.0 Å². The molecule has 0 bridgehead atoms. The lowest BCUT2D eigenvalue weighted by Gasteiger charge is -2.18. The molecule has 0 fully saturated rings. The Morgan fingerprint density at radius 1 is 1.18 bits per heavy atom. The summed E-state index contributed by atoms with van der Waals surface area (Å²) >= 11 is 1.43. The van der Waals surface area contributed by atoms with E-state index in [9.17, 15) is 18.8 Å². The highest BCUT2D eigenvalue weighted by Gasteiger charge is 2.29. The van der Waals surface area contributed by atoms with Gasteiger partial charge >= 0.3 is 5.97 Å². The summed E-state index contributed by atoms with van der Waals surface area (Å²) < 4.78 is 24.6. The number of carbonyl (C=O) groups is 3. The third kappa shape index (κ3) is 6.88. The van der Waals surface area contributed by atoms with E-state index in [4.69, 9.17) is 9.47 Å². The predicted molar refractivity (Wildman–Crippen MR) is 148 cm³/mol. The largest absolute Gasteiger partial charge is 0.481 e. The number of fused-ring (bicyclic) bond motifs is 1. The van der Waals surface area contributed by atoms with Crippen molar-refractivity contribution in [2.75, 3.05) is 11.9 Å². The standard InChI is InChI=1S/C29H30FN3O5S/c1-4-37-29(36)25-22-14-9-17(2)15-24(22)39-28(25)32-27(35)19-10-12-21(13-11-19)38-18(3)26(34)33-31-16-20-7-5-6-8-23(20)30/h5-8,10-13,16-18H,4,9,14-15H2,1-3H3,(H,32,35)(H,33,34)/b31-16-/t17-,18-/m0/s1. The molecule has 39 heavy (non-hydrogen) atoms. The van der Waals surface area contributed by atoms with Crippen LogP contribution in [0.3, 0.4) is 0 Å². The molecule has 1 aliphatic rings. The van der Waals surface area contributed by atoms with Crippen LogP contribution in [0.1, 0.15) is 63.9 Å². The van der Waals surface area contributed by atoms with Crippen LogP contribution in [0.2, 0.25) is 0 Å². The summed E-state index contributed by atoms with van der Waals surface area (Å²) in [5, 5.41) is 7.16. The molecule has 2 aromatic carbocycles. The van der Waals surface area contributed by atoms with E-state index in [1.165, 1.54) is 29.7 Å². The fourth-order valence-electron chi connectivity index (χ4n) is 4.21. The van der Waals surface area contributed by atoms with Crippen molar-refractivity contribution in [3.63, 3.8) is 0 Å². The van der Waals surface area contributed by atoms with Gasteiger partial charge in [0.05, 0.1) is 18.4 Å². The third-order valence-electron chi connectivity index (χ3n) is 6.30. The van der Waals surface area contributed by atoms with Gasteiger partial charge in [0.15, 0.2) is 6.10 Å². The number of carbonyl (C=O) groups excluding carboxylic acids is 3. The maximum atomic E-state index is 13.6. The molecular weight excluding hydrogens is 521 g/mol. The van der Waals surface area contributed by atoms with E-state index in [2.05, 4.69) is 22.8 Å². The number of amides is 2. The van der Waals surface area contributed by atoms with Gasteiger partial charge in [0.25, 0.3) is 11.8 Å². The first-order valence-corrected chi connectivity index (χ1v) is 13.6. The third-order valence-corrected chi connectivity index (χ3v) is 7.47. The monoisotopic (exact) mass is 551 g/mol. The van der Waals surface area contributed by atoms with Gasteiger partial charge in [-0.15, -0.1) is 11.3 Å². The number of esters is 1. The second kappa shape index (κ2) is 12.7. The fraction of sp³-hybridized carbons (Fsp3) is 0.310. The molecule has 10 heteroatoms. The summed E-state index contributed by atoms with van der Waals surface area (Å²) in [6.45, 7) is 5.73. The van der Waals surface area contributed by atoms with Gasteiger partial charge in [-0.1, -0.05) is 25.1 Å². The molecule has 0 spiro atoms. The van der Waals surface area contributed by atoms with E-state index < -0.39 is 23.8 Å². The lowest BCUT2D eigenvalue weighted by Crippen LogP contribution is -2.33. The smallest absolute Gasteiger partial charge is 0.341 e. The number of thiophene rings is 1. The van der Waals surface area contributed by atoms with Gasteiger partial charge in [-0.25, -0.2) is 14.6 Å². The maximum Gasteiger partial charge on any atom is 0.341 e. The molecule has 3 aromatic rings. The first kappa shape index (κ1) is 28.0. The lowest BCUT2D eigenvalue weighted by atomic mass is 9.88. The van der Waals surface area contributed by atoms with Gasteiger partial charge in [-0.3, -0.25) is 9.59 Å². The minimum Gasteiger partial charge on any atom is -0.481 e. The summed E-state index contributed by atoms with van der Waals surface area (Å²) in [4.78, 5) is 39.1. The minimum absolute atomic E-state index is 0.242. The van der Waals surface area contributed by atoms with Crippen molar-refractivity contribution in [1.29, 1.82) is 0 Å². The summed E-state index contributed by atoms with van der Waals surface area (Å²) in [5.41, 5.74) is 4.35. The normalized spacial score (nSPS) is 15.3. The molecule has 0 radical (unpaired) electrons. The van der Waals surface area contributed by atoms with Crippen LogP contribution in [0.5, 0.6) is 5.75 Å². The van der Waals surface area contributed by atoms with Gasteiger partial charge in [0.2, 0.25) is 0 Å². The van der Waals surface area contributed by atoms with Crippen LogP contribution in [-0.2, 0) is 22.4 Å². The number of nitrogens with zero attached hydrogens (tertiary/aromatic N) is 1. The van der Waals surface area contributed by atoms with Crippen LogP contribution in [-0.4, -0.2) is 36.7 Å². The van der Waals surface area contributed by atoms with Gasteiger partial charge in [0, 0.05) is 16.0 Å². The van der Waals surface area contributed by atoms with Gasteiger partial charge in [-0.05, 0) is 74.9 Å². The quantitative estimate of drug-likeness (QED) is 0.212. The number of rotatable bonds is 9. The van der Waals surface area contributed by atoms with Crippen LogP contribution < -0.4 is 15.5 Å². The minimum atomic E-state index is -0.894. The van der Waals surface area contributed by atoms with E-state index in [-0.39, 0.29) is 18.1 Å². The van der Waals surface area contributed by atoms with Crippen LogP contribution in [0, 0.1) is 11.7 Å². The molecule has 1 aliphatic carbocycles. The Morgan fingerprint density at radius 2 is 1.92 bits per heavy atom. The summed E-state index contributed by atoms with van der Waals surface area (Å²) in [6, 6.07) is 12.4. The van der Waals surface area contributed by atoms with Crippen LogP contribution >= 0.6 is 11.3 Å². The molecule has 1 aromatic heterocycles. The molecule has 0 saturated carbocycles. The predicted octanol–water partition coefficient (Wildman–Crippen LogP) is 5.36. The summed E-state index contributed by atoms with van der Waals surface area (Å²) in [5.74, 6) is -0.868. The van der Waals surface area contributed by atoms with Crippen molar-refractivity contribution in [3.8, 4) is 5.75 Å². The Labute approximate surface area is 230 Å². The van der Waals surface area contributed by atoms with E-state index in [1.807, 2.05) is 0 Å². The number of ether oxygens (including phenoxy) is 2. The van der Waals surface area contributed by atoms with Crippen molar-refractivity contribution >= 4 is 40.3 Å². The first-order chi connectivity index (χ1) is 18.8. The SMILES string of the molecule is CCOC(=O)c1c(NC(=O)c2ccc(O[C@@H](C)C(=O)N/N=C\c3ccccc3F)cc2)sc2c1CC[C@H](C)C2. The molecule has 1 heterocycles. The zero-order valence-corrected chi connectivity index (χ0v) is 22.8. The topological polar surface area (TPSA) is 106 Å². The van der Waals surface area contributed by atoms with E-state index in [1.54, 1.807) is 50.2 Å². The Kier molecular flexibility index (Phi) is 9.08. The summed E-state index contributed by atoms with van der Waals surface area (Å²) in [6.07, 6.45) is 2.96. The number of nitrogens with one attached hydrogen (secondary N) is 2. The molecule has 0 aliphatic heterocycles. The van der Waals surface area contributed by atoms with Crippen molar-refractivity contribution < 1.29 is 28.2 Å². The molecule has 2 N–H and O–H groups in total. The average molecular weight is 552 g/mol. The second-order valence-corrected chi connectivity index (χ2v) is 10.4. The Bertz CT molecular complexity index is 1390. The van der Waals surface area contributed by atoms with Crippen molar-refractivity contribution in [2.45, 2.75) is 46.1 Å². The van der Waals surface area contributed by atoms with E-state index >= 15 is 0 Å². The number of anilines is 1. The lowest BCUT2D eigenvalue weighted by molar-refractivity contribution is -0.127. The number of halogens is 1. The van der Waals surface area contributed by atoms with Gasteiger partial charge < -0.3 is 14.8 Å². The highest BCUT2D eigenvalue weighted by molar-refractivity contribution is 7.17. The molecule has 4 rings (SSSR count). The Morgan fingerprint density at radius 3 is 2.64 bits per heavy atom. The first-order valence-electron chi connectivity index (χ1n) is 12.7. The van der Waals surface area contributed by atoms with Crippen molar-refractivity contribution in [1.82, 2.24) is 5.43 Å². The number of hydrazone groups is 1. The van der Waals surface area contributed by atoms with E-state index in [0.717, 1.165) is 29.7 Å². The molecule has 0 unspecified atom stereocenters. The molecule has 2 amide bonds. The molecular formula is C29H30FN3O5S. The van der Waals surface area contributed by atoms with E-state index in [0.29, 0.717) is 27.8 Å². The zero-order valence-electron chi connectivity index (χ0n) is 22.0. The van der Waals surface area contributed by atoms with Crippen LogP contribution in [0.4, 0.5) is 9.39 Å². The van der Waals surface area contributed by atoms with Crippen LogP contribution in [0.15, 0.2) is 53.6 Å². The van der Waals surface area contributed by atoms with Crippen molar-refractivity contribution in [3.05, 3.63) is 81.5 Å². The van der Waals surface area contributed by atoms with Gasteiger partial charge in [-0.2, -0.15) is 5.10 Å². The zero-order chi connectivity index (χ0) is 27.9. The number of benzene rings is 2. The maximum absolute atomic E-state index is 13.6. The fourth-order valence-corrected chi connectivity index (χ4v) is 5.61. The molecule has 204 valence electrons. The van der Waals surface area contributed by atoms with Crippen LogP contribution in [0.25, 0.3) is 0 Å². The van der Waals surface area contributed by atoms with Gasteiger partial charge in [0.1, 0.15) is 16.6 Å². The Hall–Kier alpha value is -4.05. The summed E-state index contributed by atoms with van der Waals surface area (Å²) in [7, 11) is 0. The highest BCUT2D eigenvalue weighted by atomic mass is 32.1. The molecule has 0 saturated heterocycles.